The summed E-state index contributed by atoms with van der Waals surface area (Å²) in [6, 6.07) is 12.5. The molecule has 148 valence electrons. The quantitative estimate of drug-likeness (QED) is 0.447. The number of fused-ring (bicyclic) bond motifs is 1. The van der Waals surface area contributed by atoms with Crippen LogP contribution < -0.4 is 14.2 Å². The van der Waals surface area contributed by atoms with Crippen molar-refractivity contribution in [1.29, 1.82) is 0 Å². The van der Waals surface area contributed by atoms with E-state index in [4.69, 9.17) is 18.6 Å². The van der Waals surface area contributed by atoms with Gasteiger partial charge in [0, 0.05) is 5.56 Å². The van der Waals surface area contributed by atoms with Gasteiger partial charge < -0.3 is 18.6 Å². The highest BCUT2D eigenvalue weighted by Gasteiger charge is 2.20. The molecule has 0 radical (unpaired) electrons. The summed E-state index contributed by atoms with van der Waals surface area (Å²) in [6.07, 6.45) is 0. The molecule has 0 aliphatic heterocycles. The van der Waals surface area contributed by atoms with Crippen LogP contribution in [0.1, 0.15) is 0 Å². The Bertz CT molecular complexity index is 1180. The first kappa shape index (κ1) is 18.7. The first-order valence-electron chi connectivity index (χ1n) is 8.71. The topological polar surface area (TPSA) is 53.7 Å². The molecule has 3 aromatic carbocycles. The maximum Gasteiger partial charge on any atom is 0.233 e. The van der Waals surface area contributed by atoms with Crippen LogP contribution in [-0.2, 0) is 0 Å². The number of nitrogens with zero attached hydrogens (tertiary/aromatic N) is 1. The number of ether oxygens (including phenoxy) is 3. The van der Waals surface area contributed by atoms with Crippen molar-refractivity contribution in [2.75, 3.05) is 21.3 Å². The number of rotatable bonds is 5. The van der Waals surface area contributed by atoms with Gasteiger partial charge in [-0.3, -0.25) is 0 Å². The Morgan fingerprint density at radius 1 is 0.828 bits per heavy atom. The molecule has 5 nitrogen and oxygen atoms in total. The number of aromatic nitrogens is 1. The molecular formula is C22H17F2NO4. The van der Waals surface area contributed by atoms with Crippen molar-refractivity contribution < 1.29 is 27.4 Å². The molecule has 0 bridgehead atoms. The van der Waals surface area contributed by atoms with Crippen molar-refractivity contribution in [2.45, 2.75) is 0 Å². The zero-order chi connectivity index (χ0) is 20.5. The van der Waals surface area contributed by atoms with E-state index >= 15 is 0 Å². The smallest absolute Gasteiger partial charge is 0.233 e. The summed E-state index contributed by atoms with van der Waals surface area (Å²) in [4.78, 5) is 4.22. The van der Waals surface area contributed by atoms with Crippen LogP contribution in [0.5, 0.6) is 17.2 Å². The lowest BCUT2D eigenvalue weighted by molar-refractivity contribution is 0.325. The van der Waals surface area contributed by atoms with E-state index in [9.17, 15) is 8.78 Å². The Kier molecular flexibility index (Phi) is 4.80. The normalized spacial score (nSPS) is 10.9. The molecule has 1 aromatic heterocycles. The summed E-state index contributed by atoms with van der Waals surface area (Å²) >= 11 is 0. The molecule has 0 saturated carbocycles. The summed E-state index contributed by atoms with van der Waals surface area (Å²) in [5.41, 5.74) is 2.06. The van der Waals surface area contributed by atoms with E-state index < -0.39 is 11.6 Å². The summed E-state index contributed by atoms with van der Waals surface area (Å²) in [7, 11) is 4.60. The lowest BCUT2D eigenvalue weighted by atomic mass is 10.0. The van der Waals surface area contributed by atoms with Gasteiger partial charge in [0.2, 0.25) is 11.6 Å². The Labute approximate surface area is 165 Å². The van der Waals surface area contributed by atoms with Crippen LogP contribution in [0.4, 0.5) is 8.78 Å². The molecule has 29 heavy (non-hydrogen) atoms. The molecule has 0 aliphatic carbocycles. The molecular weight excluding hydrogens is 380 g/mol. The van der Waals surface area contributed by atoms with E-state index in [0.717, 1.165) is 23.3 Å². The van der Waals surface area contributed by atoms with E-state index in [1.807, 2.05) is 12.1 Å². The second kappa shape index (κ2) is 7.43. The molecule has 0 N–H and O–H groups in total. The summed E-state index contributed by atoms with van der Waals surface area (Å²) in [6.45, 7) is 0. The van der Waals surface area contributed by atoms with Crippen LogP contribution in [0, 0.1) is 11.6 Å². The lowest BCUT2D eigenvalue weighted by Gasteiger charge is -2.15. The third kappa shape index (κ3) is 3.14. The van der Waals surface area contributed by atoms with Crippen molar-refractivity contribution in [3.8, 4) is 39.8 Å². The predicted octanol–water partition coefficient (Wildman–Crippen LogP) is 5.47. The Morgan fingerprint density at radius 2 is 1.55 bits per heavy atom. The molecule has 1 heterocycles. The number of benzene rings is 3. The van der Waals surface area contributed by atoms with E-state index in [1.165, 1.54) is 20.3 Å². The van der Waals surface area contributed by atoms with Gasteiger partial charge in [-0.05, 0) is 42.0 Å². The Hall–Kier alpha value is -3.61. The zero-order valence-electron chi connectivity index (χ0n) is 16.0. The second-order valence-electron chi connectivity index (χ2n) is 6.18. The predicted molar refractivity (Wildman–Crippen MR) is 104 cm³/mol. The highest BCUT2D eigenvalue weighted by Crippen LogP contribution is 2.44. The van der Waals surface area contributed by atoms with Gasteiger partial charge in [-0.25, -0.2) is 13.8 Å². The van der Waals surface area contributed by atoms with Crippen molar-refractivity contribution >= 4 is 11.1 Å². The minimum absolute atomic E-state index is 0.118. The van der Waals surface area contributed by atoms with Gasteiger partial charge in [0.15, 0.2) is 17.1 Å². The lowest BCUT2D eigenvalue weighted by Crippen LogP contribution is -1.96. The molecule has 0 saturated heterocycles. The molecule has 0 atom stereocenters. The minimum Gasteiger partial charge on any atom is -0.493 e. The summed E-state index contributed by atoms with van der Waals surface area (Å²) in [5, 5.41) is 0. The summed E-state index contributed by atoms with van der Waals surface area (Å²) in [5.74, 6) is -0.111. The van der Waals surface area contributed by atoms with Gasteiger partial charge in [-0.2, -0.15) is 0 Å². The monoisotopic (exact) mass is 397 g/mol. The first-order valence-corrected chi connectivity index (χ1v) is 8.71. The standard InChI is InChI=1S/C22H17F2NO4/c1-26-17-10-8-13(20(27-2)21(17)28-3)12-7-9-16-18(11-12)29-22(25-16)19-14(23)5-4-6-15(19)24/h4-11H,1-3H3. The maximum absolute atomic E-state index is 14.1. The largest absolute Gasteiger partial charge is 0.493 e. The molecule has 4 rings (SSSR count). The molecule has 7 heteroatoms. The zero-order valence-corrected chi connectivity index (χ0v) is 16.0. The van der Waals surface area contributed by atoms with E-state index in [2.05, 4.69) is 4.98 Å². The van der Waals surface area contributed by atoms with Crippen LogP contribution in [0.2, 0.25) is 0 Å². The van der Waals surface area contributed by atoms with Crippen LogP contribution in [0.3, 0.4) is 0 Å². The van der Waals surface area contributed by atoms with Crippen molar-refractivity contribution in [1.82, 2.24) is 4.98 Å². The number of halogens is 2. The number of hydrogen-bond donors (Lipinski definition) is 0. The highest BCUT2D eigenvalue weighted by atomic mass is 19.1. The van der Waals surface area contributed by atoms with E-state index in [0.29, 0.717) is 28.3 Å². The molecule has 0 aliphatic rings. The van der Waals surface area contributed by atoms with Gasteiger partial charge >= 0.3 is 0 Å². The van der Waals surface area contributed by atoms with Crippen LogP contribution >= 0.6 is 0 Å². The van der Waals surface area contributed by atoms with Gasteiger partial charge in [0.25, 0.3) is 0 Å². The van der Waals surface area contributed by atoms with Gasteiger partial charge in [-0.1, -0.05) is 12.1 Å². The second-order valence-corrected chi connectivity index (χ2v) is 6.18. The number of oxazole rings is 1. The fourth-order valence-corrected chi connectivity index (χ4v) is 3.23. The number of methoxy groups -OCH3 is 3. The highest BCUT2D eigenvalue weighted by molar-refractivity contribution is 5.85. The molecule has 0 amide bonds. The van der Waals surface area contributed by atoms with Crippen molar-refractivity contribution in [2.24, 2.45) is 0 Å². The van der Waals surface area contributed by atoms with Crippen molar-refractivity contribution in [3.63, 3.8) is 0 Å². The first-order chi connectivity index (χ1) is 14.1. The van der Waals surface area contributed by atoms with E-state index in [1.54, 1.807) is 25.3 Å². The fraction of sp³-hybridized carbons (Fsp3) is 0.136. The Morgan fingerprint density at radius 3 is 2.21 bits per heavy atom. The molecule has 0 fully saturated rings. The SMILES string of the molecule is COc1ccc(-c2ccc3nc(-c4c(F)cccc4F)oc3c2)c(OC)c1OC. The van der Waals surface area contributed by atoms with Crippen LogP contribution in [-0.4, -0.2) is 26.3 Å². The van der Waals surface area contributed by atoms with Crippen LogP contribution in [0.15, 0.2) is 52.9 Å². The average molecular weight is 397 g/mol. The molecule has 0 spiro atoms. The molecule has 4 aromatic rings. The van der Waals surface area contributed by atoms with E-state index in [-0.39, 0.29) is 11.5 Å². The summed E-state index contributed by atoms with van der Waals surface area (Å²) < 4.78 is 50.1. The van der Waals surface area contributed by atoms with Gasteiger partial charge in [-0.15, -0.1) is 0 Å². The third-order valence-corrected chi connectivity index (χ3v) is 4.58. The molecule has 0 unspecified atom stereocenters. The van der Waals surface area contributed by atoms with Crippen molar-refractivity contribution in [3.05, 3.63) is 60.2 Å². The minimum atomic E-state index is -0.738. The fourth-order valence-electron chi connectivity index (χ4n) is 3.23. The Balaban J connectivity index is 1.85. The third-order valence-electron chi connectivity index (χ3n) is 4.58. The van der Waals surface area contributed by atoms with Crippen LogP contribution in [0.25, 0.3) is 33.7 Å². The number of hydrogen-bond acceptors (Lipinski definition) is 5. The average Bonchev–Trinajstić information content (AvgIpc) is 3.14. The maximum atomic E-state index is 14.1. The van der Waals surface area contributed by atoms with Gasteiger partial charge in [0.05, 0.1) is 21.3 Å². The van der Waals surface area contributed by atoms with Gasteiger partial charge in [0.1, 0.15) is 22.7 Å².